The van der Waals surface area contributed by atoms with Crippen molar-refractivity contribution in [3.05, 3.63) is 47.3 Å². The zero-order valence-corrected chi connectivity index (χ0v) is 18.2. The fraction of sp³-hybridized carbons (Fsp3) is 0.435. The first-order valence-corrected chi connectivity index (χ1v) is 10.7. The summed E-state index contributed by atoms with van der Waals surface area (Å²) in [7, 11) is 0. The fourth-order valence-electron chi connectivity index (χ4n) is 4.24. The number of rotatable bonds is 4. The van der Waals surface area contributed by atoms with E-state index in [1.54, 1.807) is 6.20 Å². The van der Waals surface area contributed by atoms with Gasteiger partial charge in [0.05, 0.1) is 17.5 Å². The maximum absolute atomic E-state index is 13.2. The molecular formula is C23H27N5O3. The van der Waals surface area contributed by atoms with Gasteiger partial charge in [0, 0.05) is 44.2 Å². The van der Waals surface area contributed by atoms with Crippen molar-refractivity contribution in [2.45, 2.75) is 33.4 Å². The Balaban J connectivity index is 1.25. The van der Waals surface area contributed by atoms with Crippen LogP contribution in [0.15, 0.2) is 30.5 Å². The van der Waals surface area contributed by atoms with Gasteiger partial charge in [-0.25, -0.2) is 9.67 Å². The lowest BCUT2D eigenvalue weighted by Crippen LogP contribution is -2.48. The highest BCUT2D eigenvalue weighted by Gasteiger charge is 2.25. The predicted molar refractivity (Wildman–Crippen MR) is 116 cm³/mol. The number of piperazine rings is 1. The number of aromatic nitrogens is 3. The number of pyridine rings is 1. The molecule has 1 amide bonds. The molecule has 8 nitrogen and oxygen atoms in total. The molecule has 31 heavy (non-hydrogen) atoms. The SMILES string of the molecule is Cc1nc2c(cnn2C(C)C)cc1C(=O)N1CCN(Cc2ccc3c(c2)OCO3)CC1. The molecule has 0 atom stereocenters. The molecule has 5 rings (SSSR count). The lowest BCUT2D eigenvalue weighted by Gasteiger charge is -2.35. The van der Waals surface area contributed by atoms with Crippen LogP contribution >= 0.6 is 0 Å². The van der Waals surface area contributed by atoms with E-state index in [9.17, 15) is 4.79 Å². The van der Waals surface area contributed by atoms with Gasteiger partial charge in [0.25, 0.3) is 5.91 Å². The summed E-state index contributed by atoms with van der Waals surface area (Å²) in [5, 5.41) is 5.33. The Kier molecular flexibility index (Phi) is 5.02. The molecule has 1 aromatic carbocycles. The lowest BCUT2D eigenvalue weighted by molar-refractivity contribution is 0.0627. The van der Waals surface area contributed by atoms with E-state index < -0.39 is 0 Å². The molecule has 8 heteroatoms. The Labute approximate surface area is 181 Å². The van der Waals surface area contributed by atoms with Crippen molar-refractivity contribution in [1.29, 1.82) is 0 Å². The first-order valence-electron chi connectivity index (χ1n) is 10.7. The van der Waals surface area contributed by atoms with E-state index in [1.165, 1.54) is 5.56 Å². The molecule has 0 N–H and O–H groups in total. The van der Waals surface area contributed by atoms with Crippen molar-refractivity contribution >= 4 is 16.9 Å². The van der Waals surface area contributed by atoms with Gasteiger partial charge in [0.15, 0.2) is 17.1 Å². The molecule has 162 valence electrons. The first kappa shape index (κ1) is 19.8. The van der Waals surface area contributed by atoms with Crippen LogP contribution in [0.5, 0.6) is 11.5 Å². The summed E-state index contributed by atoms with van der Waals surface area (Å²) >= 11 is 0. The maximum atomic E-state index is 13.2. The zero-order valence-electron chi connectivity index (χ0n) is 18.2. The van der Waals surface area contributed by atoms with Crippen LogP contribution in [0.2, 0.25) is 0 Å². The molecule has 3 aromatic rings. The lowest BCUT2D eigenvalue weighted by atomic mass is 10.1. The van der Waals surface area contributed by atoms with Crippen LogP contribution < -0.4 is 9.47 Å². The van der Waals surface area contributed by atoms with Crippen LogP contribution in [-0.2, 0) is 6.54 Å². The summed E-state index contributed by atoms with van der Waals surface area (Å²) in [5.41, 5.74) is 3.44. The van der Waals surface area contributed by atoms with Crippen LogP contribution in [0, 0.1) is 6.92 Å². The van der Waals surface area contributed by atoms with Crippen molar-refractivity contribution in [2.24, 2.45) is 0 Å². The molecule has 0 radical (unpaired) electrons. The Bertz CT molecular complexity index is 1130. The number of nitrogens with zero attached hydrogens (tertiary/aromatic N) is 5. The van der Waals surface area contributed by atoms with E-state index in [4.69, 9.17) is 14.5 Å². The Morgan fingerprint density at radius 2 is 1.87 bits per heavy atom. The minimum Gasteiger partial charge on any atom is -0.454 e. The van der Waals surface area contributed by atoms with Gasteiger partial charge in [0.2, 0.25) is 6.79 Å². The second kappa shape index (κ2) is 7.85. The highest BCUT2D eigenvalue weighted by atomic mass is 16.7. The monoisotopic (exact) mass is 421 g/mol. The normalized spacial score (nSPS) is 16.5. The molecule has 0 spiro atoms. The maximum Gasteiger partial charge on any atom is 0.255 e. The number of ether oxygens (including phenoxy) is 2. The predicted octanol–water partition coefficient (Wildman–Crippen LogP) is 3.01. The number of amides is 1. The molecule has 4 heterocycles. The molecule has 2 aliphatic rings. The third kappa shape index (κ3) is 3.72. The molecule has 0 bridgehead atoms. The number of carbonyl (C=O) groups excluding carboxylic acids is 1. The van der Waals surface area contributed by atoms with Gasteiger partial charge >= 0.3 is 0 Å². The standard InChI is InChI=1S/C23H27N5O3/c1-15(2)28-22-18(12-24-28)11-19(16(3)25-22)23(29)27-8-6-26(7-9-27)13-17-4-5-20-21(10-17)31-14-30-20/h4-5,10-12,15H,6-9,13-14H2,1-3H3. The number of benzene rings is 1. The van der Waals surface area contributed by atoms with Gasteiger partial charge in [-0.1, -0.05) is 6.07 Å². The molecule has 0 saturated carbocycles. The van der Waals surface area contributed by atoms with Gasteiger partial charge in [-0.3, -0.25) is 9.69 Å². The van der Waals surface area contributed by atoms with Gasteiger partial charge < -0.3 is 14.4 Å². The summed E-state index contributed by atoms with van der Waals surface area (Å²) in [6.45, 7) is 10.2. The number of aryl methyl sites for hydroxylation is 1. The topological polar surface area (TPSA) is 72.7 Å². The second-order valence-corrected chi connectivity index (χ2v) is 8.47. The highest BCUT2D eigenvalue weighted by molar-refractivity contribution is 5.98. The third-order valence-corrected chi connectivity index (χ3v) is 5.98. The number of carbonyl (C=O) groups is 1. The molecule has 0 aliphatic carbocycles. The van der Waals surface area contributed by atoms with E-state index in [0.717, 1.165) is 47.9 Å². The zero-order chi connectivity index (χ0) is 21.5. The van der Waals surface area contributed by atoms with Crippen molar-refractivity contribution < 1.29 is 14.3 Å². The number of hydrogen-bond donors (Lipinski definition) is 0. The summed E-state index contributed by atoms with van der Waals surface area (Å²) < 4.78 is 12.8. The second-order valence-electron chi connectivity index (χ2n) is 8.47. The van der Waals surface area contributed by atoms with Crippen molar-refractivity contribution in [1.82, 2.24) is 24.6 Å². The highest BCUT2D eigenvalue weighted by Crippen LogP contribution is 2.33. The fourth-order valence-corrected chi connectivity index (χ4v) is 4.24. The third-order valence-electron chi connectivity index (χ3n) is 5.98. The van der Waals surface area contributed by atoms with Crippen LogP contribution in [0.3, 0.4) is 0 Å². The van der Waals surface area contributed by atoms with Gasteiger partial charge in [-0.05, 0) is 44.5 Å². The van der Waals surface area contributed by atoms with E-state index >= 15 is 0 Å². The van der Waals surface area contributed by atoms with E-state index in [2.05, 4.69) is 29.9 Å². The van der Waals surface area contributed by atoms with Gasteiger partial charge in [-0.2, -0.15) is 5.10 Å². The summed E-state index contributed by atoms with van der Waals surface area (Å²) in [6, 6.07) is 8.24. The molecule has 1 saturated heterocycles. The van der Waals surface area contributed by atoms with Crippen molar-refractivity contribution in [3.63, 3.8) is 0 Å². The number of fused-ring (bicyclic) bond motifs is 2. The van der Waals surface area contributed by atoms with E-state index in [1.807, 2.05) is 34.7 Å². The Morgan fingerprint density at radius 3 is 2.65 bits per heavy atom. The molecule has 1 fully saturated rings. The van der Waals surface area contributed by atoms with Crippen LogP contribution in [0.4, 0.5) is 0 Å². The van der Waals surface area contributed by atoms with Crippen molar-refractivity contribution in [2.75, 3.05) is 33.0 Å². The smallest absolute Gasteiger partial charge is 0.255 e. The van der Waals surface area contributed by atoms with E-state index in [0.29, 0.717) is 18.7 Å². The van der Waals surface area contributed by atoms with Crippen LogP contribution in [-0.4, -0.2) is 63.4 Å². The van der Waals surface area contributed by atoms with E-state index in [-0.39, 0.29) is 18.7 Å². The molecule has 2 aliphatic heterocycles. The first-order chi connectivity index (χ1) is 15.0. The number of hydrogen-bond acceptors (Lipinski definition) is 6. The molecular weight excluding hydrogens is 394 g/mol. The largest absolute Gasteiger partial charge is 0.454 e. The minimum absolute atomic E-state index is 0.0481. The van der Waals surface area contributed by atoms with Gasteiger partial charge in [-0.15, -0.1) is 0 Å². The Hall–Kier alpha value is -3.13. The summed E-state index contributed by atoms with van der Waals surface area (Å²) in [4.78, 5) is 22.2. The van der Waals surface area contributed by atoms with Crippen LogP contribution in [0.25, 0.3) is 11.0 Å². The van der Waals surface area contributed by atoms with Gasteiger partial charge in [0.1, 0.15) is 0 Å². The summed E-state index contributed by atoms with van der Waals surface area (Å²) in [6.07, 6.45) is 1.79. The average Bonchev–Trinajstić information content (AvgIpc) is 3.39. The molecule has 2 aromatic heterocycles. The Morgan fingerprint density at radius 1 is 1.10 bits per heavy atom. The van der Waals surface area contributed by atoms with Crippen molar-refractivity contribution in [3.8, 4) is 11.5 Å². The summed E-state index contributed by atoms with van der Waals surface area (Å²) in [5.74, 6) is 1.66. The van der Waals surface area contributed by atoms with Crippen LogP contribution in [0.1, 0.15) is 41.5 Å². The quantitative estimate of drug-likeness (QED) is 0.645. The molecule has 0 unspecified atom stereocenters. The average molecular weight is 422 g/mol. The minimum atomic E-state index is 0.0481.